The fourth-order valence-electron chi connectivity index (χ4n) is 2.60. The zero-order valence-corrected chi connectivity index (χ0v) is 9.31. The van der Waals surface area contributed by atoms with Gasteiger partial charge in [0, 0.05) is 19.1 Å². The number of fused-ring (bicyclic) bond motifs is 1. The quantitative estimate of drug-likeness (QED) is 0.627. The van der Waals surface area contributed by atoms with Crippen molar-refractivity contribution in [3.8, 4) is 0 Å². The summed E-state index contributed by atoms with van der Waals surface area (Å²) in [4.78, 5) is 11.4. The summed E-state index contributed by atoms with van der Waals surface area (Å²) in [5.41, 5.74) is 0. The average Bonchev–Trinajstić information content (AvgIpc) is 2.63. The summed E-state index contributed by atoms with van der Waals surface area (Å²) < 4.78 is 0. The van der Waals surface area contributed by atoms with Crippen molar-refractivity contribution in [1.82, 2.24) is 15.3 Å². The van der Waals surface area contributed by atoms with Gasteiger partial charge in [0.2, 0.25) is 0 Å². The third kappa shape index (κ3) is 1.80. The summed E-state index contributed by atoms with van der Waals surface area (Å²) in [5, 5.41) is 17.2. The minimum atomic E-state index is -0.569. The molecule has 2 aliphatic heterocycles. The lowest BCUT2D eigenvalue weighted by Crippen LogP contribution is -2.61. The van der Waals surface area contributed by atoms with E-state index in [1.165, 1.54) is 0 Å². The van der Waals surface area contributed by atoms with Crippen LogP contribution in [-0.4, -0.2) is 59.4 Å². The van der Waals surface area contributed by atoms with Gasteiger partial charge in [-0.2, -0.15) is 0 Å². The van der Waals surface area contributed by atoms with Crippen LogP contribution in [0.25, 0.3) is 0 Å². The number of aliphatic hydroxyl groups is 1. The van der Waals surface area contributed by atoms with Crippen molar-refractivity contribution in [3.63, 3.8) is 0 Å². The molecule has 0 amide bonds. The molecule has 2 aliphatic rings. The minimum absolute atomic E-state index is 0.0706. The first-order chi connectivity index (χ1) is 7.15. The van der Waals surface area contributed by atoms with E-state index in [9.17, 15) is 9.90 Å². The molecule has 0 bridgehead atoms. The largest absolute Gasteiger partial charge is 0.375 e. The number of rotatable bonds is 2. The second-order valence-electron chi connectivity index (χ2n) is 4.35. The average molecular weight is 213 g/mol. The lowest BCUT2D eigenvalue weighted by molar-refractivity contribution is -0.175. The lowest BCUT2D eigenvalue weighted by atomic mass is 10.1. The van der Waals surface area contributed by atoms with Gasteiger partial charge in [0.05, 0.1) is 6.04 Å². The Morgan fingerprint density at radius 3 is 2.67 bits per heavy atom. The lowest BCUT2D eigenvalue weighted by Gasteiger charge is -2.43. The van der Waals surface area contributed by atoms with Crippen molar-refractivity contribution in [2.45, 2.75) is 38.1 Å². The molecule has 2 fully saturated rings. The highest BCUT2D eigenvalue weighted by Crippen LogP contribution is 2.27. The van der Waals surface area contributed by atoms with Crippen LogP contribution in [0, 0.1) is 0 Å². The van der Waals surface area contributed by atoms with Crippen molar-refractivity contribution in [2.75, 3.05) is 20.1 Å². The van der Waals surface area contributed by atoms with Gasteiger partial charge in [0.25, 0.3) is 0 Å². The topological polar surface area (TPSA) is 55.8 Å². The molecule has 0 spiro atoms. The highest BCUT2D eigenvalue weighted by atomic mass is 16.3. The van der Waals surface area contributed by atoms with Crippen LogP contribution >= 0.6 is 0 Å². The normalized spacial score (nSPS) is 37.9. The Kier molecular flexibility index (Phi) is 3.06. The number of likely N-dealkylation sites (N-methyl/N-ethyl adjacent to an activating group) is 1. The van der Waals surface area contributed by atoms with Gasteiger partial charge < -0.3 is 10.4 Å². The van der Waals surface area contributed by atoms with Crippen LogP contribution in [-0.2, 0) is 4.79 Å². The van der Waals surface area contributed by atoms with E-state index in [4.69, 9.17) is 0 Å². The number of carbonyl (C=O) groups is 1. The van der Waals surface area contributed by atoms with Crippen molar-refractivity contribution in [1.29, 1.82) is 0 Å². The van der Waals surface area contributed by atoms with Gasteiger partial charge in [-0.15, -0.1) is 0 Å². The second-order valence-corrected chi connectivity index (χ2v) is 4.35. The number of nitrogens with zero attached hydrogens (tertiary/aromatic N) is 2. The maximum atomic E-state index is 11.4. The Balaban J connectivity index is 2.14. The summed E-state index contributed by atoms with van der Waals surface area (Å²) in [6.07, 6.45) is 1.20. The number of Topliss-reactive ketones (excluding diaryl/α,β-unsaturated/α-hetero) is 1. The standard InChI is InChI=1S/C10H19N3O2/c1-7(14)9-4-6-12-5-3-8(11-2)10(15)13(9)12/h8-11,15H,3-6H2,1-2H3. The maximum Gasteiger partial charge on any atom is 0.148 e. The Morgan fingerprint density at radius 2 is 2.07 bits per heavy atom. The molecule has 2 heterocycles. The van der Waals surface area contributed by atoms with Crippen LogP contribution in [0.15, 0.2) is 0 Å². The molecule has 2 rings (SSSR count). The third-order valence-electron chi connectivity index (χ3n) is 3.48. The number of nitrogens with one attached hydrogen (secondary N) is 1. The molecule has 86 valence electrons. The molecule has 3 atom stereocenters. The highest BCUT2D eigenvalue weighted by Gasteiger charge is 2.43. The molecule has 0 aromatic heterocycles. The van der Waals surface area contributed by atoms with Crippen molar-refractivity contribution in [3.05, 3.63) is 0 Å². The predicted molar refractivity (Wildman–Crippen MR) is 56.0 cm³/mol. The first-order valence-electron chi connectivity index (χ1n) is 5.54. The molecule has 5 nitrogen and oxygen atoms in total. The van der Waals surface area contributed by atoms with E-state index in [0.717, 1.165) is 25.9 Å². The Bertz CT molecular complexity index is 259. The molecular formula is C10H19N3O2. The van der Waals surface area contributed by atoms with E-state index in [2.05, 4.69) is 10.3 Å². The summed E-state index contributed by atoms with van der Waals surface area (Å²) in [6.45, 7) is 3.41. The van der Waals surface area contributed by atoms with Gasteiger partial charge in [-0.05, 0) is 26.8 Å². The second kappa shape index (κ2) is 4.17. The van der Waals surface area contributed by atoms with E-state index >= 15 is 0 Å². The third-order valence-corrected chi connectivity index (χ3v) is 3.48. The Hall–Kier alpha value is -0.490. The number of ketones is 1. The van der Waals surface area contributed by atoms with Crippen molar-refractivity contribution < 1.29 is 9.90 Å². The summed E-state index contributed by atoms with van der Waals surface area (Å²) >= 11 is 0. The van der Waals surface area contributed by atoms with Gasteiger partial charge in [0.1, 0.15) is 12.0 Å². The summed E-state index contributed by atoms with van der Waals surface area (Å²) in [5.74, 6) is 0.147. The molecule has 5 heteroatoms. The molecule has 0 aromatic carbocycles. The number of hydrogen-bond acceptors (Lipinski definition) is 5. The minimum Gasteiger partial charge on any atom is -0.375 e. The van der Waals surface area contributed by atoms with Crippen LogP contribution in [0.5, 0.6) is 0 Å². The van der Waals surface area contributed by atoms with Gasteiger partial charge in [-0.25, -0.2) is 10.0 Å². The first-order valence-corrected chi connectivity index (χ1v) is 5.54. The predicted octanol–water partition coefficient (Wildman–Crippen LogP) is -0.823. The van der Waals surface area contributed by atoms with E-state index in [1.807, 2.05) is 12.1 Å². The maximum absolute atomic E-state index is 11.4. The van der Waals surface area contributed by atoms with E-state index < -0.39 is 6.23 Å². The zero-order chi connectivity index (χ0) is 11.0. The molecule has 2 N–H and O–H groups in total. The molecule has 15 heavy (non-hydrogen) atoms. The molecule has 2 saturated heterocycles. The highest BCUT2D eigenvalue weighted by molar-refractivity contribution is 5.81. The molecule has 0 saturated carbocycles. The Labute approximate surface area is 90.0 Å². The smallest absolute Gasteiger partial charge is 0.148 e. The van der Waals surface area contributed by atoms with Crippen LogP contribution in [0.3, 0.4) is 0 Å². The van der Waals surface area contributed by atoms with E-state index in [0.29, 0.717) is 0 Å². The van der Waals surface area contributed by atoms with Gasteiger partial charge in [0.15, 0.2) is 0 Å². The number of hydrazine groups is 1. The van der Waals surface area contributed by atoms with Crippen LogP contribution in [0.2, 0.25) is 0 Å². The van der Waals surface area contributed by atoms with Crippen molar-refractivity contribution >= 4 is 5.78 Å². The van der Waals surface area contributed by atoms with Crippen LogP contribution in [0.4, 0.5) is 0 Å². The summed E-state index contributed by atoms with van der Waals surface area (Å²) in [7, 11) is 1.85. The molecule has 0 aromatic rings. The molecule has 0 aliphatic carbocycles. The fourth-order valence-corrected chi connectivity index (χ4v) is 2.60. The van der Waals surface area contributed by atoms with Crippen LogP contribution < -0.4 is 5.32 Å². The zero-order valence-electron chi connectivity index (χ0n) is 9.31. The first kappa shape index (κ1) is 11.0. The molecule has 0 radical (unpaired) electrons. The number of aliphatic hydroxyl groups excluding tert-OH is 1. The molecule has 3 unspecified atom stereocenters. The SMILES string of the molecule is CNC1CCN2CCC(C(C)=O)N2C1O. The monoisotopic (exact) mass is 213 g/mol. The Morgan fingerprint density at radius 1 is 1.40 bits per heavy atom. The van der Waals surface area contributed by atoms with Crippen LogP contribution in [0.1, 0.15) is 19.8 Å². The molecular weight excluding hydrogens is 194 g/mol. The van der Waals surface area contributed by atoms with Crippen molar-refractivity contribution in [2.24, 2.45) is 0 Å². The number of carbonyl (C=O) groups excluding carboxylic acids is 1. The fraction of sp³-hybridized carbons (Fsp3) is 0.900. The van der Waals surface area contributed by atoms with Gasteiger partial charge in [-0.1, -0.05) is 0 Å². The van der Waals surface area contributed by atoms with E-state index in [1.54, 1.807) is 6.92 Å². The van der Waals surface area contributed by atoms with Gasteiger partial charge in [-0.3, -0.25) is 4.79 Å². The van der Waals surface area contributed by atoms with E-state index in [-0.39, 0.29) is 17.9 Å². The van der Waals surface area contributed by atoms with Gasteiger partial charge >= 0.3 is 0 Å². The number of hydrogen-bond donors (Lipinski definition) is 2. The summed E-state index contributed by atoms with van der Waals surface area (Å²) in [6, 6.07) is -0.0580.